The monoisotopic (exact) mass is 218 g/mol. The number of aliphatic hydroxyl groups is 1. The van der Waals surface area contributed by atoms with Gasteiger partial charge in [-0.3, -0.25) is 4.79 Å². The van der Waals surface area contributed by atoms with Gasteiger partial charge in [0, 0.05) is 13.1 Å². The highest BCUT2D eigenvalue weighted by Gasteiger charge is 2.06. The molecule has 1 atom stereocenters. The number of nitrogens with one attached hydrogen (secondary N) is 2. The van der Waals surface area contributed by atoms with E-state index in [-0.39, 0.29) is 23.9 Å². The normalized spacial score (nSPS) is 12.5. The lowest BCUT2D eigenvalue weighted by Gasteiger charge is -2.09. The van der Waals surface area contributed by atoms with Crippen molar-refractivity contribution < 1.29 is 5.11 Å². The first kappa shape index (κ1) is 11.0. The van der Waals surface area contributed by atoms with Crippen LogP contribution in [0.1, 0.15) is 0 Å². The highest BCUT2D eigenvalue weighted by Crippen LogP contribution is 2.11. The molecule has 7 heteroatoms. The van der Waals surface area contributed by atoms with Crippen LogP contribution in [-0.4, -0.2) is 34.3 Å². The number of anilines is 1. The third kappa shape index (κ3) is 2.69. The Morgan fingerprint density at radius 3 is 3.14 bits per heavy atom. The van der Waals surface area contributed by atoms with Gasteiger partial charge in [-0.25, -0.2) is 4.98 Å². The molecule has 1 rings (SSSR count). The Kier molecular flexibility index (Phi) is 3.87. The fourth-order valence-electron chi connectivity index (χ4n) is 0.804. The summed E-state index contributed by atoms with van der Waals surface area (Å²) in [7, 11) is 0. The number of nitrogens with two attached hydrogens (primary N) is 1. The van der Waals surface area contributed by atoms with Crippen molar-refractivity contribution in [2.75, 3.05) is 18.4 Å². The average Bonchev–Trinajstić information content (AvgIpc) is 2.20. The van der Waals surface area contributed by atoms with E-state index in [4.69, 9.17) is 22.4 Å². The molecule has 0 fully saturated rings. The molecule has 0 spiro atoms. The van der Waals surface area contributed by atoms with Gasteiger partial charge in [0.2, 0.25) is 0 Å². The largest absolute Gasteiger partial charge is 0.390 e. The van der Waals surface area contributed by atoms with Crippen LogP contribution in [0.15, 0.2) is 11.1 Å². The fraction of sp³-hybridized carbons (Fsp3) is 0.429. The lowest BCUT2D eigenvalue weighted by molar-refractivity contribution is 0.196. The zero-order chi connectivity index (χ0) is 10.6. The number of aliphatic hydroxyl groups excluding tert-OH is 1. The summed E-state index contributed by atoms with van der Waals surface area (Å²) in [6.07, 6.45) is 0.540. The van der Waals surface area contributed by atoms with Crippen molar-refractivity contribution in [3.63, 3.8) is 0 Å². The van der Waals surface area contributed by atoms with E-state index < -0.39 is 11.7 Å². The molecule has 0 bridgehead atoms. The SMILES string of the molecule is NCC(O)CNc1nc[nH]c(=O)c1Cl. The maximum Gasteiger partial charge on any atom is 0.271 e. The molecule has 5 N–H and O–H groups in total. The Bertz CT molecular complexity index is 354. The van der Waals surface area contributed by atoms with Crippen LogP contribution in [0.3, 0.4) is 0 Å². The first-order valence-corrected chi connectivity index (χ1v) is 4.38. The van der Waals surface area contributed by atoms with E-state index in [1.54, 1.807) is 0 Å². The highest BCUT2D eigenvalue weighted by atomic mass is 35.5. The lowest BCUT2D eigenvalue weighted by atomic mass is 10.3. The van der Waals surface area contributed by atoms with Crippen molar-refractivity contribution >= 4 is 17.4 Å². The number of hydrogen-bond donors (Lipinski definition) is 4. The molecule has 1 aromatic rings. The molecule has 14 heavy (non-hydrogen) atoms. The number of hydrogen-bond acceptors (Lipinski definition) is 5. The molecule has 78 valence electrons. The van der Waals surface area contributed by atoms with E-state index in [1.165, 1.54) is 6.33 Å². The van der Waals surface area contributed by atoms with Crippen molar-refractivity contribution in [3.05, 3.63) is 21.7 Å². The van der Waals surface area contributed by atoms with E-state index in [9.17, 15) is 4.79 Å². The summed E-state index contributed by atoms with van der Waals surface area (Å²) in [5.41, 5.74) is 4.77. The zero-order valence-electron chi connectivity index (χ0n) is 7.33. The van der Waals surface area contributed by atoms with Gasteiger partial charge in [-0.2, -0.15) is 0 Å². The number of nitrogens with zero attached hydrogens (tertiary/aromatic N) is 1. The minimum absolute atomic E-state index is 0.0308. The maximum atomic E-state index is 11.0. The van der Waals surface area contributed by atoms with Gasteiger partial charge >= 0.3 is 0 Å². The molecule has 0 aliphatic carbocycles. The predicted molar refractivity (Wildman–Crippen MR) is 53.4 cm³/mol. The molecule has 6 nitrogen and oxygen atoms in total. The summed E-state index contributed by atoms with van der Waals surface area (Å²) >= 11 is 5.64. The van der Waals surface area contributed by atoms with Crippen molar-refractivity contribution in [2.45, 2.75) is 6.10 Å². The van der Waals surface area contributed by atoms with Gasteiger partial charge in [-0.15, -0.1) is 0 Å². The third-order valence-corrected chi connectivity index (χ3v) is 1.92. The van der Waals surface area contributed by atoms with Gasteiger partial charge in [-0.05, 0) is 0 Å². The van der Waals surface area contributed by atoms with Gasteiger partial charge in [0.15, 0.2) is 5.82 Å². The van der Waals surface area contributed by atoms with E-state index >= 15 is 0 Å². The molecule has 0 saturated carbocycles. The lowest BCUT2D eigenvalue weighted by Crippen LogP contribution is -2.28. The van der Waals surface area contributed by atoms with Gasteiger partial charge in [-0.1, -0.05) is 11.6 Å². The maximum absolute atomic E-state index is 11.0. The smallest absolute Gasteiger partial charge is 0.271 e. The molecule has 0 amide bonds. The minimum Gasteiger partial charge on any atom is -0.390 e. The minimum atomic E-state index is -0.688. The Balaban J connectivity index is 2.68. The van der Waals surface area contributed by atoms with Gasteiger partial charge in [0.05, 0.1) is 12.4 Å². The molecule has 0 aliphatic rings. The Morgan fingerprint density at radius 1 is 1.79 bits per heavy atom. The van der Waals surface area contributed by atoms with Crippen molar-refractivity contribution in [2.24, 2.45) is 5.73 Å². The molecular formula is C7H11ClN4O2. The molecule has 1 aromatic heterocycles. The first-order valence-electron chi connectivity index (χ1n) is 4.00. The summed E-state index contributed by atoms with van der Waals surface area (Å²) in [5.74, 6) is 0.239. The van der Waals surface area contributed by atoms with E-state index in [0.717, 1.165) is 0 Å². The third-order valence-electron chi connectivity index (χ3n) is 1.57. The standard InChI is InChI=1S/C7H11ClN4O2/c8-5-6(10-2-4(13)1-9)11-3-12-7(5)14/h3-4,13H,1-2,9H2,(H2,10,11,12,14). The quantitative estimate of drug-likeness (QED) is 0.527. The summed E-state index contributed by atoms with van der Waals surface area (Å²) in [6.45, 7) is 0.334. The molecule has 0 aliphatic heterocycles. The average molecular weight is 219 g/mol. The number of halogens is 1. The number of aromatic amines is 1. The van der Waals surface area contributed by atoms with E-state index in [0.29, 0.717) is 0 Å². The van der Waals surface area contributed by atoms with Gasteiger partial charge in [0.1, 0.15) is 5.02 Å². The number of H-pyrrole nitrogens is 1. The van der Waals surface area contributed by atoms with Gasteiger partial charge < -0.3 is 21.1 Å². The topological polar surface area (TPSA) is 104 Å². The van der Waals surface area contributed by atoms with Crippen LogP contribution in [0, 0.1) is 0 Å². The second-order valence-electron chi connectivity index (χ2n) is 2.66. The second kappa shape index (κ2) is 4.94. The molecule has 1 unspecified atom stereocenters. The highest BCUT2D eigenvalue weighted by molar-refractivity contribution is 6.32. The number of aromatic nitrogens is 2. The van der Waals surface area contributed by atoms with Crippen LogP contribution in [0.4, 0.5) is 5.82 Å². The zero-order valence-corrected chi connectivity index (χ0v) is 8.08. The molecule has 1 heterocycles. The van der Waals surface area contributed by atoms with Crippen LogP contribution in [0.5, 0.6) is 0 Å². The summed E-state index contributed by atoms with van der Waals surface area (Å²) in [4.78, 5) is 17.1. The fourth-order valence-corrected chi connectivity index (χ4v) is 0.974. The summed E-state index contributed by atoms with van der Waals surface area (Å²) in [5, 5.41) is 11.8. The Labute approximate surface area is 85.1 Å². The number of rotatable bonds is 4. The van der Waals surface area contributed by atoms with E-state index in [1.807, 2.05) is 0 Å². The molecule has 0 saturated heterocycles. The Hall–Kier alpha value is -1.11. The van der Waals surface area contributed by atoms with Crippen LogP contribution >= 0.6 is 11.6 Å². The van der Waals surface area contributed by atoms with Crippen LogP contribution in [0.2, 0.25) is 5.02 Å². The van der Waals surface area contributed by atoms with Crippen molar-refractivity contribution in [3.8, 4) is 0 Å². The molecule has 0 aromatic carbocycles. The molecular weight excluding hydrogens is 208 g/mol. The van der Waals surface area contributed by atoms with E-state index in [2.05, 4.69) is 15.3 Å². The Morgan fingerprint density at radius 2 is 2.50 bits per heavy atom. The van der Waals surface area contributed by atoms with Crippen LogP contribution < -0.4 is 16.6 Å². The summed E-state index contributed by atoms with van der Waals surface area (Å²) in [6, 6.07) is 0. The molecule has 0 radical (unpaired) electrons. The first-order chi connectivity index (χ1) is 6.65. The second-order valence-corrected chi connectivity index (χ2v) is 3.04. The van der Waals surface area contributed by atoms with Crippen LogP contribution in [0.25, 0.3) is 0 Å². The van der Waals surface area contributed by atoms with Crippen molar-refractivity contribution in [1.82, 2.24) is 9.97 Å². The van der Waals surface area contributed by atoms with Crippen molar-refractivity contribution in [1.29, 1.82) is 0 Å². The summed E-state index contributed by atoms with van der Waals surface area (Å²) < 4.78 is 0. The van der Waals surface area contributed by atoms with Gasteiger partial charge in [0.25, 0.3) is 5.56 Å². The van der Waals surface area contributed by atoms with Crippen LogP contribution in [-0.2, 0) is 0 Å². The predicted octanol–water partition coefficient (Wildman–Crippen LogP) is -0.845.